The van der Waals surface area contributed by atoms with E-state index in [1.54, 1.807) is 0 Å². The molecule has 1 saturated heterocycles. The van der Waals surface area contributed by atoms with Gasteiger partial charge in [0, 0.05) is 17.0 Å². The second-order valence-corrected chi connectivity index (χ2v) is 7.37. The summed E-state index contributed by atoms with van der Waals surface area (Å²) in [7, 11) is 0. The largest absolute Gasteiger partial charge is 0.444 e. The molecule has 0 aromatic rings. The molecule has 1 aliphatic heterocycles. The van der Waals surface area contributed by atoms with E-state index in [0.717, 1.165) is 17.0 Å². The Hall–Kier alpha value is 0. The second-order valence-electron chi connectivity index (χ2n) is 5.93. The van der Waals surface area contributed by atoms with Gasteiger partial charge in [0.25, 0.3) is 0 Å². The van der Waals surface area contributed by atoms with Crippen LogP contribution in [0.2, 0.25) is 0 Å². The maximum atomic E-state index is 11.9. The monoisotopic (exact) mass is 337 g/mol. The summed E-state index contributed by atoms with van der Waals surface area (Å²) >= 11 is 2.55. The number of halogens is 1. The number of hydrogen-bond acceptors (Lipinski definition) is 2. The lowest BCUT2D eigenvalue weighted by Gasteiger charge is -2.36. The summed E-state index contributed by atoms with van der Waals surface area (Å²) in [6.45, 7) is 7.54. The van der Waals surface area contributed by atoms with Gasteiger partial charge in [-0.2, -0.15) is 0 Å². The molecule has 2 fully saturated rings. The van der Waals surface area contributed by atoms with Gasteiger partial charge < -0.3 is 9.64 Å². The number of likely N-dealkylation sites (tertiary alicyclic amines) is 1. The molecular formula is C12H20INO2. The van der Waals surface area contributed by atoms with Gasteiger partial charge in [-0.1, -0.05) is 22.6 Å². The molecule has 0 unspecified atom stereocenters. The van der Waals surface area contributed by atoms with E-state index in [-0.39, 0.29) is 11.7 Å². The Bertz CT molecular complexity index is 273. The normalized spacial score (nSPS) is 34.0. The highest BCUT2D eigenvalue weighted by molar-refractivity contribution is 14.1. The minimum absolute atomic E-state index is 0.132. The molecule has 3 atom stereocenters. The number of piperidine rings is 1. The smallest absolute Gasteiger partial charge is 0.410 e. The lowest BCUT2D eigenvalue weighted by atomic mass is 9.99. The van der Waals surface area contributed by atoms with E-state index in [9.17, 15) is 4.79 Å². The average molecular weight is 337 g/mol. The first-order chi connectivity index (χ1) is 7.37. The molecule has 3 nitrogen and oxygen atoms in total. The highest BCUT2D eigenvalue weighted by Crippen LogP contribution is 2.41. The van der Waals surface area contributed by atoms with Crippen LogP contribution < -0.4 is 0 Å². The molecule has 0 aromatic carbocycles. The molecule has 4 heteroatoms. The summed E-state index contributed by atoms with van der Waals surface area (Å²) in [6, 6.07) is 0. The topological polar surface area (TPSA) is 29.5 Å². The summed E-state index contributed by atoms with van der Waals surface area (Å²) < 4.78 is 6.18. The molecule has 1 heterocycles. The lowest BCUT2D eigenvalue weighted by Crippen LogP contribution is -2.47. The number of alkyl halides is 1. The van der Waals surface area contributed by atoms with Crippen molar-refractivity contribution in [1.82, 2.24) is 4.90 Å². The molecule has 1 amide bonds. The Morgan fingerprint density at radius 3 is 2.19 bits per heavy atom. The van der Waals surface area contributed by atoms with E-state index in [2.05, 4.69) is 22.6 Å². The highest BCUT2D eigenvalue weighted by atomic mass is 127. The zero-order valence-corrected chi connectivity index (χ0v) is 12.4. The number of nitrogens with zero attached hydrogens (tertiary/aromatic N) is 1. The van der Waals surface area contributed by atoms with Crippen molar-refractivity contribution in [3.05, 3.63) is 0 Å². The third kappa shape index (κ3) is 2.63. The van der Waals surface area contributed by atoms with E-state index in [4.69, 9.17) is 4.74 Å². The van der Waals surface area contributed by atoms with Gasteiger partial charge in [0.2, 0.25) is 0 Å². The fraction of sp³-hybridized carbons (Fsp3) is 0.917. The van der Waals surface area contributed by atoms with Gasteiger partial charge in [-0.05, 0) is 45.4 Å². The standard InChI is InChI=1S/C12H20INO2/c1-12(2,3)16-11(15)14-6-8-4-5-9(7-14)10(8)13/h8-10H,4-7H2,1-3H3/t8-,9+,10+. The quantitative estimate of drug-likeness (QED) is 0.502. The van der Waals surface area contributed by atoms with Crippen molar-refractivity contribution >= 4 is 28.7 Å². The molecule has 16 heavy (non-hydrogen) atoms. The summed E-state index contributed by atoms with van der Waals surface area (Å²) in [6.07, 6.45) is 2.42. The fourth-order valence-corrected chi connectivity index (χ4v) is 3.81. The first-order valence-corrected chi connectivity index (χ1v) is 7.23. The van der Waals surface area contributed by atoms with Crippen LogP contribution in [0.3, 0.4) is 0 Å². The number of ether oxygens (including phenoxy) is 1. The number of rotatable bonds is 0. The van der Waals surface area contributed by atoms with Crippen molar-refractivity contribution in [2.45, 2.75) is 43.1 Å². The Kier molecular flexibility index (Phi) is 3.39. The molecule has 2 bridgehead atoms. The Morgan fingerprint density at radius 2 is 1.75 bits per heavy atom. The van der Waals surface area contributed by atoms with Gasteiger partial charge in [-0.3, -0.25) is 0 Å². The summed E-state index contributed by atoms with van der Waals surface area (Å²) in [5.74, 6) is 1.37. The van der Waals surface area contributed by atoms with Crippen LogP contribution >= 0.6 is 22.6 Å². The predicted molar refractivity (Wildman–Crippen MR) is 71.8 cm³/mol. The molecule has 0 radical (unpaired) electrons. The Balaban J connectivity index is 1.95. The van der Waals surface area contributed by atoms with Crippen LogP contribution in [-0.2, 0) is 4.74 Å². The van der Waals surface area contributed by atoms with Gasteiger partial charge in [0.1, 0.15) is 5.60 Å². The van der Waals surface area contributed by atoms with Crippen molar-refractivity contribution < 1.29 is 9.53 Å². The van der Waals surface area contributed by atoms with E-state index in [1.165, 1.54) is 12.8 Å². The van der Waals surface area contributed by atoms with Gasteiger partial charge >= 0.3 is 6.09 Å². The Labute approximate surface area is 111 Å². The molecule has 2 aliphatic rings. The van der Waals surface area contributed by atoms with E-state index in [0.29, 0.717) is 11.8 Å². The van der Waals surface area contributed by atoms with Crippen LogP contribution in [0, 0.1) is 11.8 Å². The number of carbonyl (C=O) groups is 1. The molecule has 2 rings (SSSR count). The van der Waals surface area contributed by atoms with Gasteiger partial charge in [-0.15, -0.1) is 0 Å². The zero-order valence-electron chi connectivity index (χ0n) is 10.2. The van der Waals surface area contributed by atoms with Crippen LogP contribution in [0.25, 0.3) is 0 Å². The third-order valence-electron chi connectivity index (χ3n) is 3.37. The molecule has 1 aliphatic carbocycles. The molecule has 0 N–H and O–H groups in total. The molecule has 0 aromatic heterocycles. The zero-order chi connectivity index (χ0) is 11.9. The van der Waals surface area contributed by atoms with Gasteiger partial charge in [-0.25, -0.2) is 4.79 Å². The average Bonchev–Trinajstić information content (AvgIpc) is 2.38. The third-order valence-corrected chi connectivity index (χ3v) is 5.40. The molecule has 0 spiro atoms. The van der Waals surface area contributed by atoms with E-state index in [1.807, 2.05) is 25.7 Å². The highest BCUT2D eigenvalue weighted by Gasteiger charge is 2.42. The summed E-state index contributed by atoms with van der Waals surface area (Å²) in [4.78, 5) is 13.8. The maximum Gasteiger partial charge on any atom is 0.410 e. The predicted octanol–water partition coefficient (Wildman–Crippen LogP) is 3.07. The van der Waals surface area contributed by atoms with Crippen molar-refractivity contribution in [2.75, 3.05) is 13.1 Å². The summed E-state index contributed by atoms with van der Waals surface area (Å²) in [5.41, 5.74) is -0.378. The second kappa shape index (κ2) is 4.35. The van der Waals surface area contributed by atoms with Crippen molar-refractivity contribution in [3.8, 4) is 0 Å². The lowest BCUT2D eigenvalue weighted by molar-refractivity contribution is 0.0165. The number of carbonyl (C=O) groups excluding carboxylic acids is 1. The van der Waals surface area contributed by atoms with Crippen LogP contribution in [0.1, 0.15) is 33.6 Å². The van der Waals surface area contributed by atoms with Crippen LogP contribution in [0.5, 0.6) is 0 Å². The molecular weight excluding hydrogens is 317 g/mol. The SMILES string of the molecule is CC(C)(C)OC(=O)N1C[C@H]2CC[C@@H](C1)[C@H]2I. The van der Waals surface area contributed by atoms with Crippen LogP contribution in [-0.4, -0.2) is 33.6 Å². The fourth-order valence-electron chi connectivity index (χ4n) is 2.63. The number of hydrogen-bond donors (Lipinski definition) is 0. The van der Waals surface area contributed by atoms with Gasteiger partial charge in [0.15, 0.2) is 0 Å². The minimum atomic E-state index is -0.378. The van der Waals surface area contributed by atoms with E-state index < -0.39 is 0 Å². The maximum absolute atomic E-state index is 11.9. The molecule has 1 saturated carbocycles. The number of amides is 1. The van der Waals surface area contributed by atoms with E-state index >= 15 is 0 Å². The van der Waals surface area contributed by atoms with Crippen molar-refractivity contribution in [2.24, 2.45) is 11.8 Å². The minimum Gasteiger partial charge on any atom is -0.444 e. The van der Waals surface area contributed by atoms with Crippen molar-refractivity contribution in [1.29, 1.82) is 0 Å². The molecule has 92 valence electrons. The van der Waals surface area contributed by atoms with Crippen LogP contribution in [0.15, 0.2) is 0 Å². The van der Waals surface area contributed by atoms with Gasteiger partial charge in [0.05, 0.1) is 0 Å². The van der Waals surface area contributed by atoms with Crippen LogP contribution in [0.4, 0.5) is 4.79 Å². The first kappa shape index (κ1) is 12.5. The Morgan fingerprint density at radius 1 is 1.25 bits per heavy atom. The summed E-state index contributed by atoms with van der Waals surface area (Å²) in [5, 5.41) is 0. The first-order valence-electron chi connectivity index (χ1n) is 5.99. The number of fused-ring (bicyclic) bond motifs is 2. The van der Waals surface area contributed by atoms with Crippen molar-refractivity contribution in [3.63, 3.8) is 0 Å².